The second-order valence-electron chi connectivity index (χ2n) is 4.08. The lowest BCUT2D eigenvalue weighted by Crippen LogP contribution is -2.34. The Morgan fingerprint density at radius 1 is 1.56 bits per heavy atom. The lowest BCUT2D eigenvalue weighted by molar-refractivity contribution is 0.206. The zero-order valence-corrected chi connectivity index (χ0v) is 10.6. The van der Waals surface area contributed by atoms with Gasteiger partial charge >= 0.3 is 6.03 Å². The first-order valence-corrected chi connectivity index (χ1v) is 6.02. The summed E-state index contributed by atoms with van der Waals surface area (Å²) in [5.41, 5.74) is 6.04. The molecule has 1 aliphatic rings. The van der Waals surface area contributed by atoms with Crippen molar-refractivity contribution in [2.45, 2.75) is 19.4 Å². The van der Waals surface area contributed by atoms with Crippen molar-refractivity contribution in [3.63, 3.8) is 0 Å². The van der Waals surface area contributed by atoms with Gasteiger partial charge in [-0.2, -0.15) is 4.99 Å². The lowest BCUT2D eigenvalue weighted by atomic mass is 10.0. The molecule has 1 heterocycles. The van der Waals surface area contributed by atoms with E-state index in [9.17, 15) is 9.18 Å². The van der Waals surface area contributed by atoms with E-state index in [2.05, 4.69) is 4.99 Å². The maximum atomic E-state index is 13.9. The van der Waals surface area contributed by atoms with Crippen LogP contribution < -0.4 is 5.73 Å². The minimum Gasteiger partial charge on any atom is -0.385 e. The van der Waals surface area contributed by atoms with Gasteiger partial charge in [0, 0.05) is 17.1 Å². The minimum absolute atomic E-state index is 0.120. The van der Waals surface area contributed by atoms with Crippen LogP contribution in [0.5, 0.6) is 0 Å². The summed E-state index contributed by atoms with van der Waals surface area (Å²) in [6, 6.07) is 3.26. The Morgan fingerprint density at radius 3 is 2.89 bits per heavy atom. The highest BCUT2D eigenvalue weighted by Crippen LogP contribution is 2.30. The maximum Gasteiger partial charge on any atom is 0.346 e. The Bertz CT molecular complexity index is 518. The molecule has 0 aliphatic carbocycles. The molecule has 1 aromatic rings. The number of carbonyl (C=O) groups excluding carboxylic acids is 1. The first-order valence-electron chi connectivity index (χ1n) is 5.64. The summed E-state index contributed by atoms with van der Waals surface area (Å²) in [6.07, 6.45) is 0.750. The third-order valence-electron chi connectivity index (χ3n) is 2.78. The van der Waals surface area contributed by atoms with Gasteiger partial charge in [-0.3, -0.25) is 0 Å². The number of benzene rings is 1. The molecule has 0 aromatic heterocycles. The molecule has 96 valence electrons. The van der Waals surface area contributed by atoms with Crippen molar-refractivity contribution >= 4 is 23.5 Å². The smallest absolute Gasteiger partial charge is 0.346 e. The number of urea groups is 1. The van der Waals surface area contributed by atoms with Gasteiger partial charge < -0.3 is 10.6 Å². The van der Waals surface area contributed by atoms with Gasteiger partial charge in [-0.25, -0.2) is 9.18 Å². The average molecular weight is 270 g/mol. The molecule has 1 unspecified atom stereocenters. The number of hydrogen-bond donors (Lipinski definition) is 1. The van der Waals surface area contributed by atoms with Gasteiger partial charge in [-0.15, -0.1) is 0 Å². The number of aliphatic imine (C=N–C) groups is 1. The van der Waals surface area contributed by atoms with E-state index in [1.165, 1.54) is 17.0 Å². The molecule has 1 atom stereocenters. The molecule has 18 heavy (non-hydrogen) atoms. The van der Waals surface area contributed by atoms with Gasteiger partial charge in [-0.05, 0) is 18.6 Å². The quantitative estimate of drug-likeness (QED) is 0.917. The van der Waals surface area contributed by atoms with E-state index in [0.717, 1.165) is 6.42 Å². The second kappa shape index (κ2) is 4.94. The van der Waals surface area contributed by atoms with Gasteiger partial charge in [0.05, 0.1) is 0 Å². The highest BCUT2D eigenvalue weighted by atomic mass is 35.5. The number of nitrogens with two attached hydrogens (primary N) is 1. The zero-order valence-electron chi connectivity index (χ0n) is 9.86. The molecule has 0 spiro atoms. The molecule has 1 aliphatic heterocycles. The van der Waals surface area contributed by atoms with Crippen LogP contribution in [0.15, 0.2) is 23.2 Å². The molecule has 0 fully saturated rings. The monoisotopic (exact) mass is 269 g/mol. The number of hydrogen-bond acceptors (Lipinski definition) is 2. The number of rotatable bonds is 3. The Morgan fingerprint density at radius 2 is 2.28 bits per heavy atom. The normalized spacial score (nSPS) is 19.3. The van der Waals surface area contributed by atoms with E-state index in [1.54, 1.807) is 6.07 Å². The second-order valence-corrected chi connectivity index (χ2v) is 4.52. The molecular formula is C12H13ClFN3O. The summed E-state index contributed by atoms with van der Waals surface area (Å²) < 4.78 is 13.9. The van der Waals surface area contributed by atoms with E-state index in [1.807, 2.05) is 6.92 Å². The molecule has 1 aromatic carbocycles. The molecule has 0 saturated heterocycles. The number of amides is 2. The summed E-state index contributed by atoms with van der Waals surface area (Å²) in [6.45, 7) is 2.41. The van der Waals surface area contributed by atoms with Crippen molar-refractivity contribution in [1.82, 2.24) is 4.90 Å². The minimum atomic E-state index is -0.630. The van der Waals surface area contributed by atoms with Gasteiger partial charge in [0.2, 0.25) is 0 Å². The molecule has 4 nitrogen and oxygen atoms in total. The summed E-state index contributed by atoms with van der Waals surface area (Å²) in [7, 11) is 0. The fourth-order valence-corrected chi connectivity index (χ4v) is 2.18. The van der Waals surface area contributed by atoms with E-state index < -0.39 is 17.9 Å². The van der Waals surface area contributed by atoms with Gasteiger partial charge in [0.15, 0.2) is 0 Å². The lowest BCUT2D eigenvalue weighted by Gasteiger charge is -2.24. The van der Waals surface area contributed by atoms with Gasteiger partial charge in [0.1, 0.15) is 17.7 Å². The summed E-state index contributed by atoms with van der Waals surface area (Å²) in [5, 5.41) is 0.304. The summed E-state index contributed by atoms with van der Waals surface area (Å²) in [5.74, 6) is -0.365. The Labute approximate surface area is 109 Å². The van der Waals surface area contributed by atoms with Crippen molar-refractivity contribution in [3.8, 4) is 0 Å². The standard InChI is InChI=1S/C12H13ClFN3O/c1-2-5-17-10(11(15)16-12(17)18)8-4-3-7(13)6-9(8)14/h3-4,6,10H,2,5H2,1H3,(H2,15,16,18). The van der Waals surface area contributed by atoms with Crippen molar-refractivity contribution in [2.75, 3.05) is 6.54 Å². The zero-order chi connectivity index (χ0) is 13.3. The maximum absolute atomic E-state index is 13.9. The van der Waals surface area contributed by atoms with Crippen LogP contribution in [-0.2, 0) is 0 Å². The molecule has 6 heteroatoms. The molecule has 0 saturated carbocycles. The SMILES string of the molecule is CCCN1C(=O)N=C(N)C1c1ccc(Cl)cc1F. The van der Waals surface area contributed by atoms with Crippen LogP contribution in [0, 0.1) is 5.82 Å². The average Bonchev–Trinajstić information content (AvgIpc) is 2.56. The van der Waals surface area contributed by atoms with Gasteiger partial charge in [-0.1, -0.05) is 24.6 Å². The van der Waals surface area contributed by atoms with Crippen LogP contribution in [0.2, 0.25) is 5.02 Å². The molecule has 0 bridgehead atoms. The highest BCUT2D eigenvalue weighted by Gasteiger charge is 2.35. The van der Waals surface area contributed by atoms with E-state index in [-0.39, 0.29) is 5.84 Å². The molecule has 0 radical (unpaired) electrons. The summed E-state index contributed by atoms with van der Waals surface area (Å²) >= 11 is 5.70. The van der Waals surface area contributed by atoms with E-state index in [4.69, 9.17) is 17.3 Å². The molecule has 2 rings (SSSR count). The third kappa shape index (κ3) is 2.18. The van der Waals surface area contributed by atoms with E-state index in [0.29, 0.717) is 17.1 Å². The predicted octanol–water partition coefficient (Wildman–Crippen LogP) is 2.72. The predicted molar refractivity (Wildman–Crippen MR) is 68.2 cm³/mol. The molecule has 2 N–H and O–H groups in total. The Balaban J connectivity index is 2.41. The third-order valence-corrected chi connectivity index (χ3v) is 3.02. The Kier molecular flexibility index (Phi) is 3.52. The fraction of sp³-hybridized carbons (Fsp3) is 0.333. The van der Waals surface area contributed by atoms with Crippen LogP contribution in [0.3, 0.4) is 0 Å². The van der Waals surface area contributed by atoms with Crippen molar-refractivity contribution in [1.29, 1.82) is 0 Å². The first kappa shape index (κ1) is 12.8. The van der Waals surface area contributed by atoms with Crippen molar-refractivity contribution < 1.29 is 9.18 Å². The van der Waals surface area contributed by atoms with Crippen LogP contribution >= 0.6 is 11.6 Å². The van der Waals surface area contributed by atoms with Crippen LogP contribution in [-0.4, -0.2) is 23.3 Å². The molecule has 2 amide bonds. The number of nitrogens with zero attached hydrogens (tertiary/aromatic N) is 2. The molecular weight excluding hydrogens is 257 g/mol. The highest BCUT2D eigenvalue weighted by molar-refractivity contribution is 6.30. The largest absolute Gasteiger partial charge is 0.385 e. The number of amidine groups is 1. The van der Waals surface area contributed by atoms with Crippen LogP contribution in [0.4, 0.5) is 9.18 Å². The van der Waals surface area contributed by atoms with Crippen molar-refractivity contribution in [3.05, 3.63) is 34.6 Å². The first-order chi connectivity index (χ1) is 8.54. The summed E-state index contributed by atoms with van der Waals surface area (Å²) in [4.78, 5) is 16.8. The Hall–Kier alpha value is -1.62. The number of carbonyl (C=O) groups is 1. The van der Waals surface area contributed by atoms with Crippen LogP contribution in [0.1, 0.15) is 24.9 Å². The topological polar surface area (TPSA) is 58.7 Å². The van der Waals surface area contributed by atoms with Crippen molar-refractivity contribution in [2.24, 2.45) is 10.7 Å². The number of halogens is 2. The fourth-order valence-electron chi connectivity index (χ4n) is 2.02. The van der Waals surface area contributed by atoms with E-state index >= 15 is 0 Å². The van der Waals surface area contributed by atoms with Gasteiger partial charge in [0.25, 0.3) is 0 Å². The van der Waals surface area contributed by atoms with Crippen LogP contribution in [0.25, 0.3) is 0 Å².